The zero-order chi connectivity index (χ0) is 14.3. The Balaban J connectivity index is 1.78. The Kier molecular flexibility index (Phi) is 2.91. The molecule has 2 fully saturated rings. The molecule has 0 spiro atoms. The minimum Gasteiger partial charge on any atom is -0.390 e. The predicted octanol–water partition coefficient (Wildman–Crippen LogP) is 3.74. The van der Waals surface area contributed by atoms with E-state index in [1.165, 1.54) is 5.56 Å². The van der Waals surface area contributed by atoms with Crippen LogP contribution in [-0.4, -0.2) is 11.2 Å². The van der Waals surface area contributed by atoms with Crippen molar-refractivity contribution >= 4 is 0 Å². The molecule has 2 heterocycles. The van der Waals surface area contributed by atoms with E-state index < -0.39 is 11.7 Å². The molecule has 2 saturated heterocycles. The molecule has 3 atom stereocenters. The number of aliphatic hydroxyl groups is 1. The second-order valence-corrected chi connectivity index (χ2v) is 6.27. The average molecular weight is 280 g/mol. The van der Waals surface area contributed by atoms with Crippen molar-refractivity contribution in [3.05, 3.63) is 71.8 Å². The molecule has 0 aliphatic carbocycles. The van der Waals surface area contributed by atoms with Crippen molar-refractivity contribution in [1.29, 1.82) is 0 Å². The molecular weight excluding hydrogens is 260 g/mol. The summed E-state index contributed by atoms with van der Waals surface area (Å²) in [6, 6.07) is 20.7. The first-order chi connectivity index (χ1) is 10.3. The molecule has 2 nitrogen and oxygen atoms in total. The van der Waals surface area contributed by atoms with Crippen LogP contribution in [0.1, 0.15) is 36.8 Å². The fraction of sp³-hybridized carbons (Fsp3) is 0.368. The van der Waals surface area contributed by atoms with Crippen LogP contribution >= 0.6 is 0 Å². The van der Waals surface area contributed by atoms with Gasteiger partial charge in [0, 0.05) is 0 Å². The lowest BCUT2D eigenvalue weighted by molar-refractivity contribution is -0.203. The second kappa shape index (κ2) is 4.69. The Bertz CT molecular complexity index is 625. The lowest BCUT2D eigenvalue weighted by Crippen LogP contribution is -2.46. The number of hydrogen-bond acceptors (Lipinski definition) is 2. The van der Waals surface area contributed by atoms with Crippen molar-refractivity contribution in [2.75, 3.05) is 0 Å². The maximum Gasteiger partial charge on any atom is 0.120 e. The number of ether oxygens (including phenoxy) is 1. The molecule has 0 radical (unpaired) electrons. The number of hydrogen-bond donors (Lipinski definition) is 1. The summed E-state index contributed by atoms with van der Waals surface area (Å²) in [5.74, 6) is 0. The number of benzene rings is 2. The summed E-state index contributed by atoms with van der Waals surface area (Å²) in [6.45, 7) is 0. The molecule has 4 rings (SSSR count). The van der Waals surface area contributed by atoms with E-state index in [4.69, 9.17) is 4.74 Å². The number of fused-ring (bicyclic) bond motifs is 2. The zero-order valence-corrected chi connectivity index (χ0v) is 12.0. The summed E-state index contributed by atoms with van der Waals surface area (Å²) in [6.07, 6.45) is 3.13. The molecule has 1 N–H and O–H groups in total. The van der Waals surface area contributed by atoms with Gasteiger partial charge in [-0.2, -0.15) is 0 Å². The van der Waals surface area contributed by atoms with Gasteiger partial charge in [-0.3, -0.25) is 0 Å². The lowest BCUT2D eigenvalue weighted by Gasteiger charge is -2.44. The largest absolute Gasteiger partial charge is 0.390 e. The highest BCUT2D eigenvalue weighted by atomic mass is 16.5. The molecule has 0 saturated carbocycles. The van der Waals surface area contributed by atoms with Crippen LogP contribution in [0.25, 0.3) is 0 Å². The molecule has 2 aromatic rings. The Morgan fingerprint density at radius 3 is 2.10 bits per heavy atom. The summed E-state index contributed by atoms with van der Waals surface area (Å²) >= 11 is 0. The molecule has 2 aromatic carbocycles. The molecule has 108 valence electrons. The number of rotatable bonds is 2. The van der Waals surface area contributed by atoms with Crippen LogP contribution in [0.2, 0.25) is 0 Å². The second-order valence-electron chi connectivity index (χ2n) is 6.27. The molecule has 21 heavy (non-hydrogen) atoms. The standard InChI is InChI=1S/C19H20O2/c20-17-11-12-18(15-7-3-1-4-8-15)13-14-19(17,21-18)16-9-5-2-6-10-16/h1-10,17,20H,11-14H2/t17-,18+,19-/m0/s1. The Hall–Kier alpha value is -1.64. The van der Waals surface area contributed by atoms with Gasteiger partial charge in [-0.05, 0) is 36.8 Å². The Morgan fingerprint density at radius 1 is 0.810 bits per heavy atom. The molecule has 2 bridgehead atoms. The zero-order valence-electron chi connectivity index (χ0n) is 12.0. The van der Waals surface area contributed by atoms with Gasteiger partial charge in [-0.1, -0.05) is 60.7 Å². The van der Waals surface area contributed by atoms with Crippen molar-refractivity contribution in [1.82, 2.24) is 0 Å². The summed E-state index contributed by atoms with van der Waals surface area (Å²) in [4.78, 5) is 0. The quantitative estimate of drug-likeness (QED) is 0.908. The van der Waals surface area contributed by atoms with Crippen molar-refractivity contribution < 1.29 is 9.84 Å². The van der Waals surface area contributed by atoms with E-state index in [0.29, 0.717) is 0 Å². The van der Waals surface area contributed by atoms with Gasteiger partial charge in [-0.25, -0.2) is 0 Å². The fourth-order valence-electron chi connectivity index (χ4n) is 4.06. The SMILES string of the molecule is O[C@H]1CC[C@]2(c3ccccc3)CC[C@@]1(c1ccccc1)O2. The van der Waals surface area contributed by atoms with Crippen molar-refractivity contribution in [3.8, 4) is 0 Å². The summed E-state index contributed by atoms with van der Waals surface area (Å²) in [5.41, 5.74) is 1.59. The maximum absolute atomic E-state index is 10.6. The smallest absolute Gasteiger partial charge is 0.120 e. The highest BCUT2D eigenvalue weighted by Gasteiger charge is 2.58. The predicted molar refractivity (Wildman–Crippen MR) is 81.8 cm³/mol. The first-order valence-corrected chi connectivity index (χ1v) is 7.75. The molecule has 2 heteroatoms. The molecule has 0 amide bonds. The van der Waals surface area contributed by atoms with Crippen LogP contribution in [0.4, 0.5) is 0 Å². The van der Waals surface area contributed by atoms with E-state index in [-0.39, 0.29) is 5.60 Å². The van der Waals surface area contributed by atoms with Gasteiger partial charge in [0.15, 0.2) is 0 Å². The van der Waals surface area contributed by atoms with E-state index in [9.17, 15) is 5.11 Å². The van der Waals surface area contributed by atoms with Crippen molar-refractivity contribution in [2.24, 2.45) is 0 Å². The topological polar surface area (TPSA) is 29.5 Å². The van der Waals surface area contributed by atoms with Crippen LogP contribution in [0.15, 0.2) is 60.7 Å². The first kappa shape index (κ1) is 13.1. The van der Waals surface area contributed by atoms with Gasteiger partial charge < -0.3 is 9.84 Å². The van der Waals surface area contributed by atoms with E-state index in [1.807, 2.05) is 24.3 Å². The van der Waals surface area contributed by atoms with E-state index in [2.05, 4.69) is 36.4 Å². The summed E-state index contributed by atoms with van der Waals surface area (Å²) in [7, 11) is 0. The van der Waals surface area contributed by atoms with Gasteiger partial charge in [0.2, 0.25) is 0 Å². The number of aliphatic hydroxyl groups excluding tert-OH is 1. The van der Waals surface area contributed by atoms with E-state index >= 15 is 0 Å². The Morgan fingerprint density at radius 2 is 1.43 bits per heavy atom. The molecular formula is C19H20O2. The van der Waals surface area contributed by atoms with Crippen LogP contribution < -0.4 is 0 Å². The van der Waals surface area contributed by atoms with E-state index in [0.717, 1.165) is 31.2 Å². The van der Waals surface area contributed by atoms with Gasteiger partial charge >= 0.3 is 0 Å². The van der Waals surface area contributed by atoms with Crippen LogP contribution in [-0.2, 0) is 15.9 Å². The van der Waals surface area contributed by atoms with Crippen LogP contribution in [0.5, 0.6) is 0 Å². The minimum atomic E-state index is -0.532. The Labute approximate surface area is 125 Å². The van der Waals surface area contributed by atoms with Crippen molar-refractivity contribution in [3.63, 3.8) is 0 Å². The van der Waals surface area contributed by atoms with Gasteiger partial charge in [-0.15, -0.1) is 0 Å². The van der Waals surface area contributed by atoms with Crippen molar-refractivity contribution in [2.45, 2.75) is 43.0 Å². The molecule has 2 aliphatic heterocycles. The van der Waals surface area contributed by atoms with Gasteiger partial charge in [0.05, 0.1) is 11.7 Å². The fourth-order valence-corrected chi connectivity index (χ4v) is 4.06. The molecule has 2 aliphatic rings. The van der Waals surface area contributed by atoms with Crippen LogP contribution in [0, 0.1) is 0 Å². The lowest BCUT2D eigenvalue weighted by atomic mass is 9.83. The first-order valence-electron chi connectivity index (χ1n) is 7.75. The van der Waals surface area contributed by atoms with Gasteiger partial charge in [0.1, 0.15) is 5.60 Å². The van der Waals surface area contributed by atoms with E-state index in [1.54, 1.807) is 0 Å². The summed E-state index contributed by atoms with van der Waals surface area (Å²) < 4.78 is 6.61. The molecule has 0 aromatic heterocycles. The maximum atomic E-state index is 10.6. The highest BCUT2D eigenvalue weighted by Crippen LogP contribution is 2.57. The van der Waals surface area contributed by atoms with Gasteiger partial charge in [0.25, 0.3) is 0 Å². The summed E-state index contributed by atoms with van der Waals surface area (Å²) in [5, 5.41) is 10.6. The third kappa shape index (κ3) is 1.86. The minimum absolute atomic E-state index is 0.226. The third-order valence-electron chi connectivity index (χ3n) is 5.20. The molecule has 0 unspecified atom stereocenters. The third-order valence-corrected chi connectivity index (χ3v) is 5.20. The average Bonchev–Trinajstić information content (AvgIpc) is 2.91. The van der Waals surface area contributed by atoms with Crippen LogP contribution in [0.3, 0.4) is 0 Å². The monoisotopic (exact) mass is 280 g/mol. The normalized spacial score (nSPS) is 34.8. The highest BCUT2D eigenvalue weighted by molar-refractivity contribution is 5.32.